The summed E-state index contributed by atoms with van der Waals surface area (Å²) in [7, 11) is 0. The zero-order valence-electron chi connectivity index (χ0n) is 11.4. The molecule has 2 N–H and O–H groups in total. The Labute approximate surface area is 120 Å². The summed E-state index contributed by atoms with van der Waals surface area (Å²) in [6, 6.07) is 8.96. The number of rotatable bonds is 7. The predicted molar refractivity (Wildman–Crippen MR) is 80.3 cm³/mol. The Balaban J connectivity index is 1.50. The lowest BCUT2D eigenvalue weighted by Crippen LogP contribution is -2.31. The van der Waals surface area contributed by atoms with Crippen molar-refractivity contribution in [3.05, 3.63) is 34.9 Å². The molecule has 0 radical (unpaired) electrons. The molecule has 0 amide bonds. The standard InChI is InChI=1S/C16H23ClN2/c17-14-5-3-13(4-6-14)16(18)9-10-19(15-7-8-15)11-12-1-2-12/h3-6,12,15-16H,1-2,7-11,18H2. The highest BCUT2D eigenvalue weighted by Crippen LogP contribution is 2.35. The quantitative estimate of drug-likeness (QED) is 0.826. The van der Waals surface area contributed by atoms with Crippen molar-refractivity contribution in [3.63, 3.8) is 0 Å². The predicted octanol–water partition coefficient (Wildman–Crippen LogP) is 3.60. The van der Waals surface area contributed by atoms with E-state index in [4.69, 9.17) is 17.3 Å². The topological polar surface area (TPSA) is 29.3 Å². The third kappa shape index (κ3) is 3.95. The number of nitrogens with two attached hydrogens (primary N) is 1. The second-order valence-electron chi connectivity index (χ2n) is 6.12. The van der Waals surface area contributed by atoms with E-state index in [0.29, 0.717) is 0 Å². The number of hydrogen-bond donors (Lipinski definition) is 1. The molecule has 0 bridgehead atoms. The van der Waals surface area contributed by atoms with Gasteiger partial charge in [0.25, 0.3) is 0 Å². The van der Waals surface area contributed by atoms with Crippen LogP contribution in [-0.4, -0.2) is 24.0 Å². The lowest BCUT2D eigenvalue weighted by molar-refractivity contribution is 0.243. The maximum atomic E-state index is 6.29. The third-order valence-electron chi connectivity index (χ3n) is 4.28. The van der Waals surface area contributed by atoms with E-state index < -0.39 is 0 Å². The van der Waals surface area contributed by atoms with Gasteiger partial charge >= 0.3 is 0 Å². The minimum Gasteiger partial charge on any atom is -0.324 e. The molecule has 1 atom stereocenters. The molecule has 3 heteroatoms. The van der Waals surface area contributed by atoms with Gasteiger partial charge in [-0.05, 0) is 55.7 Å². The first-order valence-corrected chi connectivity index (χ1v) is 7.85. The molecule has 19 heavy (non-hydrogen) atoms. The summed E-state index contributed by atoms with van der Waals surface area (Å²) in [5, 5.41) is 0.782. The second kappa shape index (κ2) is 5.82. The van der Waals surface area contributed by atoms with Crippen LogP contribution >= 0.6 is 11.6 Å². The summed E-state index contributed by atoms with van der Waals surface area (Å²) < 4.78 is 0. The lowest BCUT2D eigenvalue weighted by atomic mass is 10.0. The minimum atomic E-state index is 0.137. The van der Waals surface area contributed by atoms with Crippen LogP contribution in [0.2, 0.25) is 5.02 Å². The van der Waals surface area contributed by atoms with Gasteiger partial charge in [0.1, 0.15) is 0 Å². The molecule has 2 saturated carbocycles. The van der Waals surface area contributed by atoms with E-state index in [9.17, 15) is 0 Å². The van der Waals surface area contributed by atoms with Gasteiger partial charge < -0.3 is 10.6 Å². The zero-order valence-corrected chi connectivity index (χ0v) is 12.1. The highest BCUT2D eigenvalue weighted by atomic mass is 35.5. The fourth-order valence-electron chi connectivity index (χ4n) is 2.68. The Morgan fingerprint density at radius 3 is 2.42 bits per heavy atom. The van der Waals surface area contributed by atoms with Crippen molar-refractivity contribution in [1.82, 2.24) is 4.90 Å². The van der Waals surface area contributed by atoms with Crippen LogP contribution in [0.5, 0.6) is 0 Å². The van der Waals surface area contributed by atoms with Crippen molar-refractivity contribution in [2.24, 2.45) is 11.7 Å². The summed E-state index contributed by atoms with van der Waals surface area (Å²) in [5.74, 6) is 0.979. The average molecular weight is 279 g/mol. The number of hydrogen-bond acceptors (Lipinski definition) is 2. The molecule has 3 rings (SSSR count). The summed E-state index contributed by atoms with van der Waals surface area (Å²) >= 11 is 5.91. The van der Waals surface area contributed by atoms with Crippen LogP contribution in [0.4, 0.5) is 0 Å². The van der Waals surface area contributed by atoms with Crippen molar-refractivity contribution < 1.29 is 0 Å². The molecular weight excluding hydrogens is 256 g/mol. The monoisotopic (exact) mass is 278 g/mol. The van der Waals surface area contributed by atoms with E-state index in [-0.39, 0.29) is 6.04 Å². The maximum Gasteiger partial charge on any atom is 0.0406 e. The molecule has 0 spiro atoms. The van der Waals surface area contributed by atoms with E-state index in [1.165, 1.54) is 37.8 Å². The van der Waals surface area contributed by atoms with Crippen LogP contribution in [-0.2, 0) is 0 Å². The van der Waals surface area contributed by atoms with Crippen molar-refractivity contribution in [2.75, 3.05) is 13.1 Å². The summed E-state index contributed by atoms with van der Waals surface area (Å²) in [5.41, 5.74) is 7.49. The van der Waals surface area contributed by atoms with E-state index in [1.807, 2.05) is 12.1 Å². The molecule has 2 aliphatic carbocycles. The largest absolute Gasteiger partial charge is 0.324 e. The maximum absolute atomic E-state index is 6.29. The van der Waals surface area contributed by atoms with Crippen LogP contribution in [0.15, 0.2) is 24.3 Å². The molecular formula is C16H23ClN2. The van der Waals surface area contributed by atoms with Crippen molar-refractivity contribution in [3.8, 4) is 0 Å². The molecule has 0 aliphatic heterocycles. The van der Waals surface area contributed by atoms with E-state index in [2.05, 4.69) is 17.0 Å². The molecule has 1 aromatic carbocycles. The minimum absolute atomic E-state index is 0.137. The number of nitrogens with zero attached hydrogens (tertiary/aromatic N) is 1. The Hall–Kier alpha value is -0.570. The first kappa shape index (κ1) is 13.4. The molecule has 2 fully saturated rings. The van der Waals surface area contributed by atoms with Gasteiger partial charge in [0.2, 0.25) is 0 Å². The van der Waals surface area contributed by atoms with Crippen LogP contribution in [0.3, 0.4) is 0 Å². The normalized spacial score (nSPS) is 20.8. The fraction of sp³-hybridized carbons (Fsp3) is 0.625. The van der Waals surface area contributed by atoms with Crippen molar-refractivity contribution in [1.29, 1.82) is 0 Å². The molecule has 2 aliphatic rings. The lowest BCUT2D eigenvalue weighted by Gasteiger charge is -2.23. The van der Waals surface area contributed by atoms with Crippen LogP contribution in [0, 0.1) is 5.92 Å². The van der Waals surface area contributed by atoms with Crippen LogP contribution < -0.4 is 5.73 Å². The van der Waals surface area contributed by atoms with Crippen LogP contribution in [0.25, 0.3) is 0 Å². The Kier molecular flexibility index (Phi) is 4.11. The molecule has 0 aromatic heterocycles. The van der Waals surface area contributed by atoms with Gasteiger partial charge in [0.05, 0.1) is 0 Å². The van der Waals surface area contributed by atoms with Gasteiger partial charge in [-0.25, -0.2) is 0 Å². The SMILES string of the molecule is NC(CCN(CC1CC1)C1CC1)c1ccc(Cl)cc1. The van der Waals surface area contributed by atoms with Gasteiger partial charge in [0, 0.05) is 30.2 Å². The zero-order chi connectivity index (χ0) is 13.2. The highest BCUT2D eigenvalue weighted by Gasteiger charge is 2.33. The van der Waals surface area contributed by atoms with E-state index >= 15 is 0 Å². The Morgan fingerprint density at radius 2 is 1.84 bits per heavy atom. The van der Waals surface area contributed by atoms with E-state index in [0.717, 1.165) is 29.9 Å². The summed E-state index contributed by atoms with van der Waals surface area (Å²) in [6.07, 6.45) is 6.70. The molecule has 0 saturated heterocycles. The Morgan fingerprint density at radius 1 is 1.16 bits per heavy atom. The van der Waals surface area contributed by atoms with Gasteiger partial charge in [-0.3, -0.25) is 0 Å². The van der Waals surface area contributed by atoms with Crippen molar-refractivity contribution in [2.45, 2.75) is 44.2 Å². The highest BCUT2D eigenvalue weighted by molar-refractivity contribution is 6.30. The van der Waals surface area contributed by atoms with E-state index in [1.54, 1.807) is 0 Å². The first-order chi connectivity index (χ1) is 9.22. The second-order valence-corrected chi connectivity index (χ2v) is 6.55. The van der Waals surface area contributed by atoms with Gasteiger partial charge in [-0.2, -0.15) is 0 Å². The summed E-state index contributed by atoms with van der Waals surface area (Å²) in [4.78, 5) is 2.67. The molecule has 1 unspecified atom stereocenters. The summed E-state index contributed by atoms with van der Waals surface area (Å²) in [6.45, 7) is 2.45. The van der Waals surface area contributed by atoms with Gasteiger partial charge in [0.15, 0.2) is 0 Å². The third-order valence-corrected chi connectivity index (χ3v) is 4.53. The van der Waals surface area contributed by atoms with Crippen molar-refractivity contribution >= 4 is 11.6 Å². The Bertz CT molecular complexity index is 409. The molecule has 1 aromatic rings. The molecule has 104 valence electrons. The van der Waals surface area contributed by atoms with Gasteiger partial charge in [-0.15, -0.1) is 0 Å². The fourth-order valence-corrected chi connectivity index (χ4v) is 2.80. The van der Waals surface area contributed by atoms with Gasteiger partial charge in [-0.1, -0.05) is 23.7 Å². The number of benzene rings is 1. The number of halogens is 1. The van der Waals surface area contributed by atoms with Crippen LogP contribution in [0.1, 0.15) is 43.7 Å². The smallest absolute Gasteiger partial charge is 0.0406 e. The molecule has 2 nitrogen and oxygen atoms in total. The first-order valence-electron chi connectivity index (χ1n) is 7.47. The molecule has 0 heterocycles. The average Bonchev–Trinajstić information content (AvgIpc) is 3.27.